The highest BCUT2D eigenvalue weighted by Crippen LogP contribution is 2.24. The fourth-order valence-corrected chi connectivity index (χ4v) is 3.95. The molecule has 2 atom stereocenters. The molecule has 5 heteroatoms. The Morgan fingerprint density at radius 3 is 2.55 bits per heavy atom. The van der Waals surface area contributed by atoms with Crippen molar-refractivity contribution < 1.29 is 4.79 Å². The number of likely N-dealkylation sites (N-methyl/N-ethyl adjacent to an activating group) is 1. The predicted octanol–water partition coefficient (Wildman–Crippen LogP) is 3.65. The minimum absolute atomic E-state index is 0.0808. The van der Waals surface area contributed by atoms with Crippen molar-refractivity contribution in [3.05, 3.63) is 52.7 Å². The van der Waals surface area contributed by atoms with Crippen molar-refractivity contribution in [2.45, 2.75) is 23.1 Å². The van der Waals surface area contributed by atoms with Crippen LogP contribution in [0.25, 0.3) is 0 Å². The molecule has 0 aliphatic heterocycles. The smallest absolute Gasteiger partial charge is 0.233 e. The molecule has 22 heavy (non-hydrogen) atoms. The highest BCUT2D eigenvalue weighted by Gasteiger charge is 2.19. The van der Waals surface area contributed by atoms with E-state index < -0.39 is 0 Å². The van der Waals surface area contributed by atoms with Gasteiger partial charge in [-0.15, -0.1) is 23.1 Å². The lowest BCUT2D eigenvalue weighted by Gasteiger charge is -2.24. The maximum atomic E-state index is 12.3. The zero-order chi connectivity index (χ0) is 15.9. The minimum Gasteiger partial charge on any atom is -0.353 e. The van der Waals surface area contributed by atoms with Gasteiger partial charge in [-0.3, -0.25) is 4.79 Å². The summed E-state index contributed by atoms with van der Waals surface area (Å²) >= 11 is 3.31. The van der Waals surface area contributed by atoms with Gasteiger partial charge in [-0.05, 0) is 44.6 Å². The third-order valence-electron chi connectivity index (χ3n) is 3.39. The lowest BCUT2D eigenvalue weighted by Crippen LogP contribution is -2.37. The van der Waals surface area contributed by atoms with E-state index in [-0.39, 0.29) is 17.2 Å². The molecule has 3 nitrogen and oxygen atoms in total. The van der Waals surface area contributed by atoms with Gasteiger partial charge in [-0.1, -0.05) is 24.3 Å². The molecule has 0 radical (unpaired) electrons. The summed E-state index contributed by atoms with van der Waals surface area (Å²) in [5, 5.41) is 5.05. The fraction of sp³-hybridized carbons (Fsp3) is 0.353. The second kappa shape index (κ2) is 8.36. The van der Waals surface area contributed by atoms with Crippen LogP contribution >= 0.6 is 23.1 Å². The Labute approximate surface area is 140 Å². The first-order chi connectivity index (χ1) is 10.6. The number of thiophene rings is 1. The van der Waals surface area contributed by atoms with Gasteiger partial charge in [0, 0.05) is 16.3 Å². The van der Waals surface area contributed by atoms with E-state index in [9.17, 15) is 4.79 Å². The molecule has 0 aliphatic carbocycles. The molecular formula is C17H22N2OS2. The third-order valence-corrected chi connectivity index (χ3v) is 5.48. The highest BCUT2D eigenvalue weighted by molar-refractivity contribution is 8.00. The Balaban J connectivity index is 1.88. The summed E-state index contributed by atoms with van der Waals surface area (Å²) < 4.78 is 0. The Morgan fingerprint density at radius 1 is 1.23 bits per heavy atom. The fourth-order valence-electron chi connectivity index (χ4n) is 2.12. The van der Waals surface area contributed by atoms with Crippen molar-refractivity contribution in [2.75, 3.05) is 20.6 Å². The molecule has 1 aromatic heterocycles. The molecule has 1 heterocycles. The first-order valence-corrected chi connectivity index (χ1v) is 9.03. The number of nitrogens with one attached hydrogen (secondary N) is 1. The van der Waals surface area contributed by atoms with Crippen LogP contribution in [0.1, 0.15) is 17.8 Å². The Hall–Kier alpha value is -1.30. The molecule has 0 spiro atoms. The van der Waals surface area contributed by atoms with Gasteiger partial charge in [0.2, 0.25) is 5.91 Å². The molecule has 0 aliphatic rings. The number of nitrogens with zero attached hydrogens (tertiary/aromatic N) is 1. The van der Waals surface area contributed by atoms with Gasteiger partial charge in [0.05, 0.1) is 11.3 Å². The third kappa shape index (κ3) is 4.87. The number of hydrogen-bond acceptors (Lipinski definition) is 4. The summed E-state index contributed by atoms with van der Waals surface area (Å²) in [4.78, 5) is 16.8. The number of carbonyl (C=O) groups excluding carboxylic acids is 1. The zero-order valence-electron chi connectivity index (χ0n) is 13.2. The van der Waals surface area contributed by atoms with Crippen LogP contribution in [-0.2, 0) is 4.79 Å². The van der Waals surface area contributed by atoms with E-state index in [2.05, 4.69) is 21.7 Å². The lowest BCUT2D eigenvalue weighted by atomic mass is 10.2. The average molecular weight is 335 g/mol. The van der Waals surface area contributed by atoms with Crippen molar-refractivity contribution >= 4 is 29.0 Å². The van der Waals surface area contributed by atoms with E-state index in [0.29, 0.717) is 6.54 Å². The molecule has 2 unspecified atom stereocenters. The lowest BCUT2D eigenvalue weighted by molar-refractivity contribution is -0.120. The average Bonchev–Trinajstić information content (AvgIpc) is 3.02. The molecule has 0 bridgehead atoms. The van der Waals surface area contributed by atoms with Crippen LogP contribution < -0.4 is 5.32 Å². The first kappa shape index (κ1) is 17.1. The number of rotatable bonds is 7. The monoisotopic (exact) mass is 334 g/mol. The molecule has 1 N–H and O–H groups in total. The van der Waals surface area contributed by atoms with Crippen molar-refractivity contribution in [1.29, 1.82) is 0 Å². The Kier molecular flexibility index (Phi) is 6.49. The largest absolute Gasteiger partial charge is 0.353 e. The zero-order valence-corrected chi connectivity index (χ0v) is 14.8. The Morgan fingerprint density at radius 2 is 1.95 bits per heavy atom. The quantitative estimate of drug-likeness (QED) is 0.785. The van der Waals surface area contributed by atoms with E-state index in [1.54, 1.807) is 23.1 Å². The van der Waals surface area contributed by atoms with Crippen LogP contribution in [0.4, 0.5) is 0 Å². The van der Waals surface area contributed by atoms with Crippen molar-refractivity contribution in [3.63, 3.8) is 0 Å². The number of hydrogen-bond donors (Lipinski definition) is 1. The van der Waals surface area contributed by atoms with Crippen molar-refractivity contribution in [2.24, 2.45) is 0 Å². The maximum absolute atomic E-state index is 12.3. The molecule has 0 fully saturated rings. The number of benzene rings is 1. The predicted molar refractivity (Wildman–Crippen MR) is 95.5 cm³/mol. The van der Waals surface area contributed by atoms with Crippen LogP contribution in [-0.4, -0.2) is 36.7 Å². The molecule has 118 valence electrons. The SMILES string of the molecule is CC(Sc1ccccc1)C(=O)NCC(c1cccs1)N(C)C. The summed E-state index contributed by atoms with van der Waals surface area (Å²) in [7, 11) is 4.08. The van der Waals surface area contributed by atoms with Gasteiger partial charge in [-0.2, -0.15) is 0 Å². The van der Waals surface area contributed by atoms with Crippen LogP contribution in [0, 0.1) is 0 Å². The van der Waals surface area contributed by atoms with Crippen LogP contribution in [0.15, 0.2) is 52.7 Å². The van der Waals surface area contributed by atoms with E-state index >= 15 is 0 Å². The van der Waals surface area contributed by atoms with E-state index in [4.69, 9.17) is 0 Å². The van der Waals surface area contributed by atoms with Crippen LogP contribution in [0.2, 0.25) is 0 Å². The molecule has 2 aromatic rings. The van der Waals surface area contributed by atoms with Crippen LogP contribution in [0.5, 0.6) is 0 Å². The second-order valence-electron chi connectivity index (χ2n) is 5.31. The number of carbonyl (C=O) groups is 1. The highest BCUT2D eigenvalue weighted by atomic mass is 32.2. The summed E-state index contributed by atoms with van der Waals surface area (Å²) in [6.45, 7) is 2.58. The standard InChI is InChI=1S/C17H22N2OS2/c1-13(22-14-8-5-4-6-9-14)17(20)18-12-15(19(2)3)16-10-7-11-21-16/h4-11,13,15H,12H2,1-3H3,(H,18,20). The second-order valence-corrected chi connectivity index (χ2v) is 7.71. The van der Waals surface area contributed by atoms with Gasteiger partial charge in [0.25, 0.3) is 0 Å². The summed E-state index contributed by atoms with van der Waals surface area (Å²) in [6.07, 6.45) is 0. The molecule has 1 aromatic carbocycles. The molecule has 0 saturated heterocycles. The van der Waals surface area contributed by atoms with E-state index in [1.807, 2.05) is 57.4 Å². The topological polar surface area (TPSA) is 32.3 Å². The number of amides is 1. The summed E-state index contributed by atoms with van der Waals surface area (Å²) in [6, 6.07) is 14.4. The normalized spacial score (nSPS) is 13.8. The molecule has 0 saturated carbocycles. The number of thioether (sulfide) groups is 1. The van der Waals surface area contributed by atoms with E-state index in [1.165, 1.54) is 4.88 Å². The Bertz CT molecular complexity index is 570. The van der Waals surface area contributed by atoms with Gasteiger partial charge in [0.15, 0.2) is 0 Å². The summed E-state index contributed by atoms with van der Waals surface area (Å²) in [5.74, 6) is 0.0808. The van der Waals surface area contributed by atoms with Crippen molar-refractivity contribution in [1.82, 2.24) is 10.2 Å². The first-order valence-electron chi connectivity index (χ1n) is 7.27. The summed E-state index contributed by atoms with van der Waals surface area (Å²) in [5.41, 5.74) is 0. The van der Waals surface area contributed by atoms with Crippen LogP contribution in [0.3, 0.4) is 0 Å². The minimum atomic E-state index is -0.103. The van der Waals surface area contributed by atoms with Gasteiger partial charge < -0.3 is 10.2 Å². The van der Waals surface area contributed by atoms with Gasteiger partial charge >= 0.3 is 0 Å². The molecule has 1 amide bonds. The van der Waals surface area contributed by atoms with Gasteiger partial charge in [-0.25, -0.2) is 0 Å². The molecule has 2 rings (SSSR count). The maximum Gasteiger partial charge on any atom is 0.233 e. The van der Waals surface area contributed by atoms with Gasteiger partial charge in [0.1, 0.15) is 0 Å². The molecular weight excluding hydrogens is 312 g/mol. The van der Waals surface area contributed by atoms with Crippen molar-refractivity contribution in [3.8, 4) is 0 Å². The van der Waals surface area contributed by atoms with E-state index in [0.717, 1.165) is 4.90 Å².